The van der Waals surface area contributed by atoms with Gasteiger partial charge in [-0.15, -0.1) is 0 Å². The van der Waals surface area contributed by atoms with Crippen molar-refractivity contribution < 1.29 is 13.2 Å². The Morgan fingerprint density at radius 2 is 1.82 bits per heavy atom. The molecule has 1 saturated heterocycles. The van der Waals surface area contributed by atoms with E-state index < -0.39 is 9.84 Å². The predicted molar refractivity (Wildman–Crippen MR) is 158 cm³/mol. The second kappa shape index (κ2) is 11.1. The third-order valence-corrected chi connectivity index (χ3v) is 8.83. The van der Waals surface area contributed by atoms with E-state index in [0.29, 0.717) is 37.7 Å². The first-order chi connectivity index (χ1) is 19.5. The van der Waals surface area contributed by atoms with E-state index in [4.69, 9.17) is 4.74 Å². The summed E-state index contributed by atoms with van der Waals surface area (Å²) in [6, 6.07) is 20.3. The van der Waals surface area contributed by atoms with E-state index in [1.165, 1.54) is 11.9 Å². The van der Waals surface area contributed by atoms with E-state index >= 15 is 0 Å². The first kappa shape index (κ1) is 26.0. The summed E-state index contributed by atoms with van der Waals surface area (Å²) in [5, 5.41) is 13.4. The van der Waals surface area contributed by atoms with Crippen LogP contribution < -0.4 is 15.4 Å². The molecule has 2 N–H and O–H groups in total. The van der Waals surface area contributed by atoms with Gasteiger partial charge < -0.3 is 15.4 Å². The summed E-state index contributed by atoms with van der Waals surface area (Å²) in [7, 11) is -1.26. The normalized spacial score (nSPS) is 15.3. The maximum Gasteiger partial charge on any atom is 0.152 e. The van der Waals surface area contributed by atoms with Crippen LogP contribution in [0.4, 0.5) is 17.2 Å². The van der Waals surface area contributed by atoms with Gasteiger partial charge in [0.05, 0.1) is 48.1 Å². The maximum absolute atomic E-state index is 11.7. The molecule has 0 saturated carbocycles. The van der Waals surface area contributed by atoms with Crippen molar-refractivity contribution in [3.05, 3.63) is 78.8 Å². The summed E-state index contributed by atoms with van der Waals surface area (Å²) < 4.78 is 31.1. The van der Waals surface area contributed by atoms with Crippen LogP contribution in [0.25, 0.3) is 21.8 Å². The Morgan fingerprint density at radius 1 is 1.00 bits per heavy atom. The number of aromatic nitrogens is 4. The molecule has 1 fully saturated rings. The standard InChI is InChI=1S/C29H31N7O3S/c1-39-28-17-25-24(16-26(28)30-9-10-35-11-13-40(37,38)14-12-35)29(32-20-31-25)34-23-7-8-27-22(15-23)18-33-36(27)19-21-5-3-2-4-6-21/h2-8,15-18,20,30H,9-14,19H2,1H3,(H,31,32,34). The summed E-state index contributed by atoms with van der Waals surface area (Å²) in [6.07, 6.45) is 3.42. The van der Waals surface area contributed by atoms with Gasteiger partial charge in [-0.3, -0.25) is 9.58 Å². The molecule has 0 aliphatic carbocycles. The van der Waals surface area contributed by atoms with Gasteiger partial charge in [0.2, 0.25) is 0 Å². The van der Waals surface area contributed by atoms with Crippen molar-refractivity contribution in [1.29, 1.82) is 0 Å². The average molecular weight is 558 g/mol. The van der Waals surface area contributed by atoms with Gasteiger partial charge in [-0.2, -0.15) is 5.10 Å². The van der Waals surface area contributed by atoms with Gasteiger partial charge in [-0.25, -0.2) is 18.4 Å². The van der Waals surface area contributed by atoms with Crippen molar-refractivity contribution in [2.45, 2.75) is 6.54 Å². The molecule has 0 unspecified atom stereocenters. The minimum atomic E-state index is -2.89. The third-order valence-electron chi connectivity index (χ3n) is 7.22. The zero-order chi connectivity index (χ0) is 27.5. The quantitative estimate of drug-likeness (QED) is 0.278. The summed E-state index contributed by atoms with van der Waals surface area (Å²) in [5.41, 5.74) is 4.75. The molecule has 206 valence electrons. The molecule has 0 spiro atoms. The molecular formula is C29H31N7O3S. The number of anilines is 3. The van der Waals surface area contributed by atoms with Crippen molar-refractivity contribution in [3.63, 3.8) is 0 Å². The largest absolute Gasteiger partial charge is 0.495 e. The number of hydrogen-bond donors (Lipinski definition) is 2. The van der Waals surface area contributed by atoms with Crippen molar-refractivity contribution in [2.24, 2.45) is 0 Å². The number of fused-ring (bicyclic) bond motifs is 2. The van der Waals surface area contributed by atoms with Crippen LogP contribution in [0.5, 0.6) is 5.75 Å². The lowest BCUT2D eigenvalue weighted by Gasteiger charge is -2.26. The number of nitrogens with one attached hydrogen (secondary N) is 2. The highest BCUT2D eigenvalue weighted by Gasteiger charge is 2.21. The Kier molecular flexibility index (Phi) is 7.23. The lowest BCUT2D eigenvalue weighted by Crippen LogP contribution is -2.42. The molecule has 0 radical (unpaired) electrons. The molecule has 40 heavy (non-hydrogen) atoms. The number of benzene rings is 3. The predicted octanol–water partition coefficient (Wildman–Crippen LogP) is 3.92. The first-order valence-corrected chi connectivity index (χ1v) is 15.1. The number of sulfone groups is 1. The van der Waals surface area contributed by atoms with Crippen LogP contribution in [0, 0.1) is 0 Å². The fourth-order valence-electron chi connectivity index (χ4n) is 5.00. The minimum Gasteiger partial charge on any atom is -0.495 e. The van der Waals surface area contributed by atoms with Crippen LogP contribution in [0.1, 0.15) is 5.56 Å². The Labute approximate surface area is 232 Å². The van der Waals surface area contributed by atoms with Crippen LogP contribution in [0.15, 0.2) is 73.2 Å². The van der Waals surface area contributed by atoms with Crippen LogP contribution in [0.3, 0.4) is 0 Å². The highest BCUT2D eigenvalue weighted by atomic mass is 32.2. The molecule has 6 rings (SSSR count). The van der Waals surface area contributed by atoms with Crippen LogP contribution in [-0.2, 0) is 16.4 Å². The number of nitrogens with zero attached hydrogens (tertiary/aromatic N) is 5. The maximum atomic E-state index is 11.7. The third kappa shape index (κ3) is 5.70. The summed E-state index contributed by atoms with van der Waals surface area (Å²) in [5.74, 6) is 1.81. The van der Waals surface area contributed by atoms with Gasteiger partial charge in [-0.05, 0) is 29.8 Å². The molecular weight excluding hydrogens is 526 g/mol. The fourth-order valence-corrected chi connectivity index (χ4v) is 6.27. The van der Waals surface area contributed by atoms with Crippen LogP contribution >= 0.6 is 0 Å². The number of rotatable bonds is 9. The van der Waals surface area contributed by atoms with E-state index in [-0.39, 0.29) is 11.5 Å². The van der Waals surface area contributed by atoms with Crippen molar-refractivity contribution in [1.82, 2.24) is 24.6 Å². The molecule has 2 aromatic heterocycles. The lowest BCUT2D eigenvalue weighted by atomic mass is 10.1. The Morgan fingerprint density at radius 3 is 2.62 bits per heavy atom. The van der Waals surface area contributed by atoms with E-state index in [0.717, 1.165) is 39.7 Å². The Bertz CT molecular complexity index is 1740. The monoisotopic (exact) mass is 557 g/mol. The van der Waals surface area contributed by atoms with Gasteiger partial charge in [0.15, 0.2) is 9.84 Å². The van der Waals surface area contributed by atoms with Crippen molar-refractivity contribution >= 4 is 48.8 Å². The smallest absolute Gasteiger partial charge is 0.152 e. The fraction of sp³-hybridized carbons (Fsp3) is 0.276. The highest BCUT2D eigenvalue weighted by Crippen LogP contribution is 2.33. The van der Waals surface area contributed by atoms with Crippen molar-refractivity contribution in [2.75, 3.05) is 55.4 Å². The number of methoxy groups -OCH3 is 1. The van der Waals surface area contributed by atoms with Gasteiger partial charge in [0.25, 0.3) is 0 Å². The topological polar surface area (TPSA) is 114 Å². The van der Waals surface area contributed by atoms with E-state index in [1.54, 1.807) is 7.11 Å². The average Bonchev–Trinajstić information content (AvgIpc) is 3.36. The van der Waals surface area contributed by atoms with Gasteiger partial charge in [-0.1, -0.05) is 30.3 Å². The van der Waals surface area contributed by atoms with E-state index in [9.17, 15) is 8.42 Å². The molecule has 3 aromatic carbocycles. The second-order valence-corrected chi connectivity index (χ2v) is 12.2. The summed E-state index contributed by atoms with van der Waals surface area (Å²) >= 11 is 0. The van der Waals surface area contributed by atoms with E-state index in [1.807, 2.05) is 47.3 Å². The van der Waals surface area contributed by atoms with E-state index in [2.05, 4.69) is 54.9 Å². The number of ether oxygens (including phenoxy) is 1. The Hall–Kier alpha value is -4.22. The molecule has 0 bridgehead atoms. The highest BCUT2D eigenvalue weighted by molar-refractivity contribution is 7.91. The zero-order valence-electron chi connectivity index (χ0n) is 22.2. The minimum absolute atomic E-state index is 0.221. The second-order valence-electron chi connectivity index (χ2n) is 9.90. The Balaban J connectivity index is 1.20. The molecule has 1 aliphatic rings. The first-order valence-electron chi connectivity index (χ1n) is 13.2. The van der Waals surface area contributed by atoms with Crippen LogP contribution in [0.2, 0.25) is 0 Å². The molecule has 0 atom stereocenters. The summed E-state index contributed by atoms with van der Waals surface area (Å²) in [6.45, 7) is 3.24. The number of hydrogen-bond acceptors (Lipinski definition) is 9. The van der Waals surface area contributed by atoms with Crippen molar-refractivity contribution in [3.8, 4) is 5.75 Å². The van der Waals surface area contributed by atoms with Gasteiger partial charge in [0.1, 0.15) is 17.9 Å². The molecule has 0 amide bonds. The lowest BCUT2D eigenvalue weighted by molar-refractivity contribution is 0.307. The van der Waals surface area contributed by atoms with Crippen LogP contribution in [-0.4, -0.2) is 77.9 Å². The summed E-state index contributed by atoms with van der Waals surface area (Å²) in [4.78, 5) is 11.1. The molecule has 3 heterocycles. The molecule has 11 heteroatoms. The molecule has 5 aromatic rings. The molecule has 10 nitrogen and oxygen atoms in total. The van der Waals surface area contributed by atoms with Gasteiger partial charge in [0, 0.05) is 48.7 Å². The SMILES string of the molecule is COc1cc2ncnc(Nc3ccc4c(cnn4Cc4ccccc4)c3)c2cc1NCCN1CCS(=O)(=O)CC1. The zero-order valence-corrected chi connectivity index (χ0v) is 23.1. The molecule has 1 aliphatic heterocycles. The van der Waals surface area contributed by atoms with Gasteiger partial charge >= 0.3 is 0 Å².